The normalized spacial score (nSPS) is 13.9. The van der Waals surface area contributed by atoms with Crippen molar-refractivity contribution >= 4 is 21.5 Å². The van der Waals surface area contributed by atoms with Crippen LogP contribution >= 0.6 is 11.3 Å². The molecule has 0 fully saturated rings. The van der Waals surface area contributed by atoms with E-state index >= 15 is 0 Å². The molecule has 0 amide bonds. The van der Waals surface area contributed by atoms with E-state index in [1.807, 2.05) is 19.2 Å². The van der Waals surface area contributed by atoms with Gasteiger partial charge in [0.2, 0.25) is 0 Å². The van der Waals surface area contributed by atoms with Gasteiger partial charge < -0.3 is 0 Å². The third-order valence-corrected chi connectivity index (χ3v) is 4.74. The van der Waals surface area contributed by atoms with Crippen LogP contribution < -0.4 is 9.44 Å². The molecule has 1 rings (SSSR count). The Balaban J connectivity index is 2.81. The Morgan fingerprint density at radius 1 is 1.42 bits per heavy atom. The summed E-state index contributed by atoms with van der Waals surface area (Å²) in [5.41, 5.74) is 0.925. The van der Waals surface area contributed by atoms with Gasteiger partial charge >= 0.3 is 0 Å². The number of nitrogens with zero attached hydrogens (tertiary/aromatic N) is 1. The zero-order chi connectivity index (χ0) is 14.5. The lowest BCUT2D eigenvalue weighted by molar-refractivity contribution is 0.466. The fourth-order valence-electron chi connectivity index (χ4n) is 1.67. The van der Waals surface area contributed by atoms with Crippen LogP contribution in [0.15, 0.2) is 5.38 Å². The maximum atomic E-state index is 11.9. The smallest absolute Gasteiger partial charge is 0.245 e. The molecule has 0 spiro atoms. The minimum atomic E-state index is -3.46. The molecule has 7 heteroatoms. The van der Waals surface area contributed by atoms with Gasteiger partial charge in [0.1, 0.15) is 5.01 Å². The van der Waals surface area contributed by atoms with Gasteiger partial charge in [0, 0.05) is 17.6 Å². The summed E-state index contributed by atoms with van der Waals surface area (Å²) < 4.78 is 29.1. The molecule has 0 saturated heterocycles. The first-order valence-electron chi connectivity index (χ1n) is 6.53. The van der Waals surface area contributed by atoms with E-state index in [4.69, 9.17) is 0 Å². The Morgan fingerprint density at radius 2 is 2.11 bits per heavy atom. The van der Waals surface area contributed by atoms with Gasteiger partial charge in [-0.3, -0.25) is 0 Å². The number of hydrogen-bond acceptors (Lipinski definition) is 4. The molecule has 1 unspecified atom stereocenters. The highest BCUT2D eigenvalue weighted by Gasteiger charge is 2.22. The number of rotatable bonds is 8. The predicted molar refractivity (Wildman–Crippen MR) is 79.4 cm³/mol. The van der Waals surface area contributed by atoms with Crippen LogP contribution in [0.5, 0.6) is 0 Å². The van der Waals surface area contributed by atoms with Crippen molar-refractivity contribution in [3.05, 3.63) is 16.1 Å². The Hall–Kier alpha value is -0.500. The van der Waals surface area contributed by atoms with Gasteiger partial charge in [-0.15, -0.1) is 11.3 Å². The molecule has 0 saturated carbocycles. The van der Waals surface area contributed by atoms with E-state index in [9.17, 15) is 8.42 Å². The van der Waals surface area contributed by atoms with E-state index < -0.39 is 10.2 Å². The number of aromatic nitrogens is 1. The van der Waals surface area contributed by atoms with Crippen molar-refractivity contribution in [2.45, 2.75) is 46.6 Å². The number of hydrogen-bond donors (Lipinski definition) is 2. The largest absolute Gasteiger partial charge is 0.277 e. The highest BCUT2D eigenvalue weighted by molar-refractivity contribution is 7.87. The zero-order valence-electron chi connectivity index (χ0n) is 11.9. The van der Waals surface area contributed by atoms with E-state index in [1.165, 1.54) is 11.3 Å². The van der Waals surface area contributed by atoms with E-state index in [-0.39, 0.29) is 6.04 Å². The van der Waals surface area contributed by atoms with Gasteiger partial charge in [-0.25, -0.2) is 9.71 Å². The van der Waals surface area contributed by atoms with Crippen LogP contribution in [0.2, 0.25) is 0 Å². The fourth-order valence-corrected chi connectivity index (χ4v) is 3.74. The van der Waals surface area contributed by atoms with Gasteiger partial charge in [0.15, 0.2) is 0 Å². The molecule has 110 valence electrons. The van der Waals surface area contributed by atoms with Crippen molar-refractivity contribution in [3.63, 3.8) is 0 Å². The molecule has 1 atom stereocenters. The summed E-state index contributed by atoms with van der Waals surface area (Å²) in [6, 6.07) is -0.256. The minimum absolute atomic E-state index is 0.256. The second-order valence-corrected chi connectivity index (χ2v) is 7.45. The van der Waals surface area contributed by atoms with Crippen molar-refractivity contribution in [3.8, 4) is 0 Å². The second kappa shape index (κ2) is 7.33. The van der Waals surface area contributed by atoms with Crippen LogP contribution in [0, 0.1) is 12.8 Å². The molecule has 1 heterocycles. The van der Waals surface area contributed by atoms with Crippen LogP contribution in [0.3, 0.4) is 0 Å². The van der Waals surface area contributed by atoms with Crippen molar-refractivity contribution in [1.29, 1.82) is 0 Å². The molecule has 0 radical (unpaired) electrons. The minimum Gasteiger partial charge on any atom is -0.245 e. The van der Waals surface area contributed by atoms with Crippen LogP contribution in [0.25, 0.3) is 0 Å². The summed E-state index contributed by atoms with van der Waals surface area (Å²) in [5, 5.41) is 2.77. The molecule has 19 heavy (non-hydrogen) atoms. The highest BCUT2D eigenvalue weighted by Crippen LogP contribution is 2.24. The lowest BCUT2D eigenvalue weighted by Crippen LogP contribution is -2.39. The first kappa shape index (κ1) is 16.6. The van der Waals surface area contributed by atoms with Crippen LogP contribution in [0.4, 0.5) is 0 Å². The first-order valence-corrected chi connectivity index (χ1v) is 8.89. The topological polar surface area (TPSA) is 71.1 Å². The molecule has 1 aromatic heterocycles. The second-order valence-electron chi connectivity index (χ2n) is 5.02. The van der Waals surface area contributed by atoms with Crippen LogP contribution in [-0.4, -0.2) is 19.9 Å². The lowest BCUT2D eigenvalue weighted by atomic mass is 10.1. The van der Waals surface area contributed by atoms with Crippen molar-refractivity contribution in [2.75, 3.05) is 6.54 Å². The molecule has 1 aromatic rings. The predicted octanol–water partition coefficient (Wildman–Crippen LogP) is 2.37. The summed E-state index contributed by atoms with van der Waals surface area (Å²) in [7, 11) is -3.46. The Bertz CT molecular complexity index is 483. The Morgan fingerprint density at radius 3 is 2.58 bits per heavy atom. The maximum absolute atomic E-state index is 11.9. The van der Waals surface area contributed by atoms with Gasteiger partial charge in [-0.2, -0.15) is 13.1 Å². The van der Waals surface area contributed by atoms with E-state index in [0.29, 0.717) is 12.5 Å². The van der Waals surface area contributed by atoms with Gasteiger partial charge in [0.05, 0.1) is 6.04 Å². The van der Waals surface area contributed by atoms with Crippen LogP contribution in [0.1, 0.15) is 50.4 Å². The molecular weight excluding hydrogens is 282 g/mol. The van der Waals surface area contributed by atoms with Gasteiger partial charge in [-0.1, -0.05) is 20.8 Å². The zero-order valence-corrected chi connectivity index (χ0v) is 13.6. The summed E-state index contributed by atoms with van der Waals surface area (Å²) in [6.07, 6.45) is 1.51. The number of thiazole rings is 1. The monoisotopic (exact) mass is 305 g/mol. The number of nitrogens with one attached hydrogen (secondary N) is 2. The molecule has 0 aliphatic heterocycles. The fraction of sp³-hybridized carbons (Fsp3) is 0.750. The molecular formula is C12H23N3O2S2. The lowest BCUT2D eigenvalue weighted by Gasteiger charge is -2.18. The third kappa shape index (κ3) is 5.99. The average molecular weight is 305 g/mol. The summed E-state index contributed by atoms with van der Waals surface area (Å²) >= 11 is 1.50. The molecule has 0 aromatic carbocycles. The van der Waals surface area contributed by atoms with E-state index in [1.54, 1.807) is 0 Å². The van der Waals surface area contributed by atoms with Gasteiger partial charge in [-0.05, 0) is 25.7 Å². The summed E-state index contributed by atoms with van der Waals surface area (Å²) in [6.45, 7) is 8.43. The molecule has 5 nitrogen and oxygen atoms in total. The van der Waals surface area contributed by atoms with E-state index in [0.717, 1.165) is 23.5 Å². The first-order chi connectivity index (χ1) is 8.84. The third-order valence-electron chi connectivity index (χ3n) is 2.48. The Kier molecular flexibility index (Phi) is 6.38. The van der Waals surface area contributed by atoms with Crippen LogP contribution in [-0.2, 0) is 10.2 Å². The van der Waals surface area contributed by atoms with Crippen molar-refractivity contribution in [1.82, 2.24) is 14.4 Å². The van der Waals surface area contributed by atoms with Gasteiger partial charge in [0.25, 0.3) is 10.2 Å². The number of aryl methyl sites for hydroxylation is 1. The molecule has 2 N–H and O–H groups in total. The maximum Gasteiger partial charge on any atom is 0.277 e. The van der Waals surface area contributed by atoms with Crippen molar-refractivity contribution in [2.24, 2.45) is 5.92 Å². The highest BCUT2D eigenvalue weighted by atomic mass is 32.2. The SMILES string of the molecule is CCCNS(=O)(=O)NC(CC(C)C)c1nc(C)cs1. The quantitative estimate of drug-likeness (QED) is 0.774. The molecule has 0 aliphatic carbocycles. The summed E-state index contributed by atoms with van der Waals surface area (Å²) in [5.74, 6) is 0.392. The van der Waals surface area contributed by atoms with E-state index in [2.05, 4.69) is 28.3 Å². The average Bonchev–Trinajstić information content (AvgIpc) is 2.71. The molecule has 0 aliphatic rings. The Labute approximate surface area is 120 Å². The standard InChI is InChI=1S/C12H23N3O2S2/c1-5-6-13-19(16,17)15-11(7-9(2)3)12-14-10(4)8-18-12/h8-9,11,13,15H,5-7H2,1-4H3. The summed E-state index contributed by atoms with van der Waals surface area (Å²) in [4.78, 5) is 4.39. The van der Waals surface area contributed by atoms with Crippen molar-refractivity contribution < 1.29 is 8.42 Å². The molecule has 0 bridgehead atoms.